The average Bonchev–Trinajstić information content (AvgIpc) is 2.65. The van der Waals surface area contributed by atoms with E-state index >= 15 is 0 Å². The second-order valence-electron chi connectivity index (χ2n) is 4.96. The van der Waals surface area contributed by atoms with Crippen molar-refractivity contribution >= 4 is 34.2 Å². The molecule has 0 aliphatic rings. The second kappa shape index (κ2) is 7.07. The molecule has 0 spiro atoms. The number of nitrogens with zero attached hydrogens (tertiary/aromatic N) is 2. The van der Waals surface area contributed by atoms with Crippen molar-refractivity contribution in [2.75, 3.05) is 6.54 Å². The highest BCUT2D eigenvalue weighted by molar-refractivity contribution is 14.1. The normalized spacial score (nSPS) is 12.7. The van der Waals surface area contributed by atoms with Gasteiger partial charge < -0.3 is 5.32 Å². The van der Waals surface area contributed by atoms with Crippen molar-refractivity contribution in [2.45, 2.75) is 26.3 Å². The molecule has 0 fully saturated rings. The predicted octanol–water partition coefficient (Wildman–Crippen LogP) is 4.02. The van der Waals surface area contributed by atoms with Crippen LogP contribution in [0.2, 0.25) is 5.15 Å². The van der Waals surface area contributed by atoms with Crippen LogP contribution in [0, 0.1) is 16.3 Å². The van der Waals surface area contributed by atoms with Gasteiger partial charge in [0.25, 0.3) is 0 Å². The van der Waals surface area contributed by atoms with Crippen LogP contribution in [0.3, 0.4) is 0 Å². The molecule has 0 saturated carbocycles. The van der Waals surface area contributed by atoms with E-state index in [0.29, 0.717) is 5.15 Å². The lowest BCUT2D eigenvalue weighted by Gasteiger charge is -2.20. The van der Waals surface area contributed by atoms with E-state index in [4.69, 9.17) is 11.6 Å². The van der Waals surface area contributed by atoms with E-state index in [1.807, 2.05) is 20.0 Å². The molecule has 1 atom stereocenters. The summed E-state index contributed by atoms with van der Waals surface area (Å²) in [6.07, 6.45) is 0.730. The molecule has 1 unspecified atom stereocenters. The first kappa shape index (κ1) is 16.7. The van der Waals surface area contributed by atoms with Crippen molar-refractivity contribution in [1.29, 1.82) is 0 Å². The van der Waals surface area contributed by atoms with Gasteiger partial charge in [-0.05, 0) is 60.2 Å². The lowest BCUT2D eigenvalue weighted by Crippen LogP contribution is -2.24. The number of aromatic nitrogens is 2. The van der Waals surface area contributed by atoms with Gasteiger partial charge in [-0.1, -0.05) is 24.6 Å². The summed E-state index contributed by atoms with van der Waals surface area (Å²) in [4.78, 5) is 0. The summed E-state index contributed by atoms with van der Waals surface area (Å²) in [6.45, 7) is 4.84. The van der Waals surface area contributed by atoms with Gasteiger partial charge in [-0.25, -0.2) is 4.39 Å². The molecule has 2 aromatic rings. The largest absolute Gasteiger partial charge is 0.310 e. The highest BCUT2D eigenvalue weighted by atomic mass is 127. The smallest absolute Gasteiger partial charge is 0.130 e. The third kappa shape index (κ3) is 3.76. The summed E-state index contributed by atoms with van der Waals surface area (Å²) in [5.41, 5.74) is 3.05. The van der Waals surface area contributed by atoms with Crippen LogP contribution in [-0.2, 0) is 13.5 Å². The molecular formula is C15H18ClFIN3. The SMILES string of the molecule is CCNC(Cc1c(C)nn(C)c1Cl)c1ccc(F)cc1I. The van der Waals surface area contributed by atoms with Gasteiger partial charge in [0.15, 0.2) is 0 Å². The molecule has 3 nitrogen and oxygen atoms in total. The zero-order valence-corrected chi connectivity index (χ0v) is 15.2. The van der Waals surface area contributed by atoms with Crippen LogP contribution in [0.5, 0.6) is 0 Å². The summed E-state index contributed by atoms with van der Waals surface area (Å²) < 4.78 is 15.9. The van der Waals surface area contributed by atoms with Crippen molar-refractivity contribution < 1.29 is 4.39 Å². The molecule has 0 radical (unpaired) electrons. The number of rotatable bonds is 5. The number of benzene rings is 1. The molecule has 6 heteroatoms. The minimum atomic E-state index is -0.214. The van der Waals surface area contributed by atoms with Crippen LogP contribution < -0.4 is 5.32 Å². The molecule has 114 valence electrons. The van der Waals surface area contributed by atoms with Gasteiger partial charge in [-0.15, -0.1) is 0 Å². The molecule has 1 N–H and O–H groups in total. The van der Waals surface area contributed by atoms with Crippen molar-refractivity contribution in [3.05, 3.63) is 49.6 Å². The Morgan fingerprint density at radius 1 is 1.48 bits per heavy atom. The van der Waals surface area contributed by atoms with Gasteiger partial charge >= 0.3 is 0 Å². The van der Waals surface area contributed by atoms with E-state index in [9.17, 15) is 4.39 Å². The summed E-state index contributed by atoms with van der Waals surface area (Å²) in [7, 11) is 1.84. The topological polar surface area (TPSA) is 29.9 Å². The number of hydrogen-bond acceptors (Lipinski definition) is 2. The monoisotopic (exact) mass is 421 g/mol. The minimum absolute atomic E-state index is 0.0860. The van der Waals surface area contributed by atoms with Crippen molar-refractivity contribution in [3.8, 4) is 0 Å². The Bertz CT molecular complexity index is 642. The maximum atomic E-state index is 13.3. The Kier molecular flexibility index (Phi) is 5.62. The summed E-state index contributed by atoms with van der Waals surface area (Å²) >= 11 is 8.49. The number of nitrogens with one attached hydrogen (secondary N) is 1. The Morgan fingerprint density at radius 2 is 2.19 bits per heavy atom. The number of aryl methyl sites for hydroxylation is 2. The molecule has 2 rings (SSSR count). The van der Waals surface area contributed by atoms with Crippen LogP contribution in [0.25, 0.3) is 0 Å². The molecule has 0 amide bonds. The molecule has 1 heterocycles. The van der Waals surface area contributed by atoms with E-state index < -0.39 is 0 Å². The fourth-order valence-corrected chi connectivity index (χ4v) is 3.54. The van der Waals surface area contributed by atoms with Gasteiger partial charge in [0.05, 0.1) is 5.69 Å². The highest BCUT2D eigenvalue weighted by Crippen LogP contribution is 2.28. The van der Waals surface area contributed by atoms with E-state index in [-0.39, 0.29) is 11.9 Å². The molecule has 0 aliphatic carbocycles. The van der Waals surface area contributed by atoms with Crippen LogP contribution in [0.4, 0.5) is 4.39 Å². The van der Waals surface area contributed by atoms with Crippen LogP contribution in [0.1, 0.15) is 29.8 Å². The van der Waals surface area contributed by atoms with E-state index in [2.05, 4.69) is 39.9 Å². The maximum absolute atomic E-state index is 13.3. The average molecular weight is 422 g/mol. The maximum Gasteiger partial charge on any atom is 0.130 e. The Morgan fingerprint density at radius 3 is 2.71 bits per heavy atom. The van der Waals surface area contributed by atoms with Crippen molar-refractivity contribution in [2.24, 2.45) is 7.05 Å². The highest BCUT2D eigenvalue weighted by Gasteiger charge is 2.20. The van der Waals surface area contributed by atoms with Crippen LogP contribution in [0.15, 0.2) is 18.2 Å². The van der Waals surface area contributed by atoms with Crippen molar-refractivity contribution in [3.63, 3.8) is 0 Å². The first-order valence-electron chi connectivity index (χ1n) is 6.80. The van der Waals surface area contributed by atoms with E-state index in [0.717, 1.165) is 33.4 Å². The van der Waals surface area contributed by atoms with Gasteiger partial charge in [-0.3, -0.25) is 4.68 Å². The summed E-state index contributed by atoms with van der Waals surface area (Å²) in [6, 6.07) is 4.98. The van der Waals surface area contributed by atoms with Gasteiger partial charge in [0.1, 0.15) is 11.0 Å². The van der Waals surface area contributed by atoms with Crippen LogP contribution in [-0.4, -0.2) is 16.3 Å². The number of hydrogen-bond donors (Lipinski definition) is 1. The molecule has 0 bridgehead atoms. The van der Waals surface area contributed by atoms with Gasteiger partial charge in [0.2, 0.25) is 0 Å². The zero-order valence-electron chi connectivity index (χ0n) is 12.3. The number of halogens is 3. The minimum Gasteiger partial charge on any atom is -0.310 e. The lowest BCUT2D eigenvalue weighted by atomic mass is 9.99. The van der Waals surface area contributed by atoms with E-state index in [1.54, 1.807) is 10.7 Å². The molecule has 21 heavy (non-hydrogen) atoms. The molecule has 1 aromatic carbocycles. The lowest BCUT2D eigenvalue weighted by molar-refractivity contribution is 0.544. The molecular weight excluding hydrogens is 404 g/mol. The summed E-state index contributed by atoms with van der Waals surface area (Å²) in [5.74, 6) is -0.214. The predicted molar refractivity (Wildman–Crippen MR) is 92.2 cm³/mol. The first-order chi connectivity index (χ1) is 9.93. The van der Waals surface area contributed by atoms with Crippen LogP contribution >= 0.6 is 34.2 Å². The molecule has 0 aliphatic heterocycles. The standard InChI is InChI=1S/C15H18ClFIN3/c1-4-19-14(11-6-5-10(17)7-13(11)18)8-12-9(2)20-21(3)15(12)16/h5-7,14,19H,4,8H2,1-3H3. The summed E-state index contributed by atoms with van der Waals surface area (Å²) in [5, 5.41) is 8.46. The quantitative estimate of drug-likeness (QED) is 0.739. The molecule has 0 saturated heterocycles. The Hall–Kier alpha value is -0.660. The Balaban J connectivity index is 2.35. The second-order valence-corrected chi connectivity index (χ2v) is 6.48. The van der Waals surface area contributed by atoms with E-state index in [1.165, 1.54) is 6.07 Å². The third-order valence-electron chi connectivity index (χ3n) is 3.47. The first-order valence-corrected chi connectivity index (χ1v) is 8.26. The molecule has 1 aromatic heterocycles. The zero-order chi connectivity index (χ0) is 15.6. The fourth-order valence-electron chi connectivity index (χ4n) is 2.43. The fraction of sp³-hybridized carbons (Fsp3) is 0.400. The van der Waals surface area contributed by atoms with Gasteiger partial charge in [0, 0.05) is 22.2 Å². The third-order valence-corrected chi connectivity index (χ3v) is 4.87. The van der Waals surface area contributed by atoms with Crippen molar-refractivity contribution in [1.82, 2.24) is 15.1 Å². The van der Waals surface area contributed by atoms with Gasteiger partial charge in [-0.2, -0.15) is 5.10 Å². The Labute approximate surface area is 143 Å². The number of likely N-dealkylation sites (N-methyl/N-ethyl adjacent to an activating group) is 1.